The summed E-state index contributed by atoms with van der Waals surface area (Å²) >= 11 is 0. The first-order valence-corrected chi connectivity index (χ1v) is 9.31. The van der Waals surface area contributed by atoms with Crippen LogP contribution in [0.2, 0.25) is 0 Å². The monoisotopic (exact) mass is 327 g/mol. The van der Waals surface area contributed by atoms with E-state index in [1.807, 2.05) is 6.07 Å². The summed E-state index contributed by atoms with van der Waals surface area (Å²) < 4.78 is 33.4. The lowest BCUT2D eigenvalue weighted by atomic mass is 10.2. The normalized spacial score (nSPS) is 18.1. The maximum absolute atomic E-state index is 11.8. The first-order valence-electron chi connectivity index (χ1n) is 7.25. The van der Waals surface area contributed by atoms with Crippen molar-refractivity contribution in [3.05, 3.63) is 24.3 Å². The van der Waals surface area contributed by atoms with Gasteiger partial charge in [0.25, 0.3) is 0 Å². The number of benzene rings is 1. The molecule has 1 heterocycles. The molecule has 0 aliphatic carbocycles. The Morgan fingerprint density at radius 1 is 1.41 bits per heavy atom. The van der Waals surface area contributed by atoms with Gasteiger partial charge in [0, 0.05) is 19.3 Å². The number of anilines is 1. The number of para-hydroxylation sites is 2. The Balaban J connectivity index is 1.91. The molecule has 7 heteroatoms. The fourth-order valence-corrected chi connectivity index (χ4v) is 2.70. The van der Waals surface area contributed by atoms with Gasteiger partial charge in [-0.1, -0.05) is 12.1 Å². The maximum atomic E-state index is 11.8. The SMILES string of the molecule is CS(=O)(=O)CCC(=O)Nc1ccccc1OCC1CCCO1. The Labute approximate surface area is 130 Å². The molecule has 1 fully saturated rings. The summed E-state index contributed by atoms with van der Waals surface area (Å²) in [6.45, 7) is 1.20. The summed E-state index contributed by atoms with van der Waals surface area (Å²) in [6, 6.07) is 7.09. The van der Waals surface area contributed by atoms with Gasteiger partial charge < -0.3 is 14.8 Å². The van der Waals surface area contributed by atoms with E-state index < -0.39 is 9.84 Å². The lowest BCUT2D eigenvalue weighted by molar-refractivity contribution is -0.115. The molecule has 0 spiro atoms. The number of rotatable bonds is 7. The zero-order chi connectivity index (χ0) is 16.0. The van der Waals surface area contributed by atoms with Gasteiger partial charge >= 0.3 is 0 Å². The summed E-state index contributed by atoms with van der Waals surface area (Å²) in [5.41, 5.74) is 0.541. The third-order valence-corrected chi connectivity index (χ3v) is 4.26. The molecule has 1 aromatic carbocycles. The van der Waals surface area contributed by atoms with Crippen LogP contribution < -0.4 is 10.1 Å². The molecule has 0 bridgehead atoms. The summed E-state index contributed by atoms with van der Waals surface area (Å²) in [6.07, 6.45) is 3.15. The van der Waals surface area contributed by atoms with Crippen LogP contribution in [0.5, 0.6) is 5.75 Å². The Kier molecular flexibility index (Phi) is 5.79. The van der Waals surface area contributed by atoms with Crippen molar-refractivity contribution in [2.45, 2.75) is 25.4 Å². The number of nitrogens with one attached hydrogen (secondary N) is 1. The number of hydrogen-bond acceptors (Lipinski definition) is 5. The second-order valence-electron chi connectivity index (χ2n) is 5.37. The van der Waals surface area contributed by atoms with Crippen molar-refractivity contribution in [2.75, 3.05) is 30.5 Å². The average molecular weight is 327 g/mol. The summed E-state index contributed by atoms with van der Waals surface area (Å²) in [7, 11) is -3.15. The van der Waals surface area contributed by atoms with Crippen molar-refractivity contribution in [2.24, 2.45) is 0 Å². The number of amides is 1. The molecule has 6 nitrogen and oxygen atoms in total. The Hall–Kier alpha value is -1.60. The first-order chi connectivity index (χ1) is 10.4. The van der Waals surface area contributed by atoms with Crippen LogP contribution in [0.25, 0.3) is 0 Å². The molecule has 1 aliphatic heterocycles. The number of ether oxygens (including phenoxy) is 2. The molecule has 0 saturated carbocycles. The molecule has 1 atom stereocenters. The second kappa shape index (κ2) is 7.60. The van der Waals surface area contributed by atoms with Gasteiger partial charge in [-0.2, -0.15) is 0 Å². The molecular weight excluding hydrogens is 306 g/mol. The molecule has 1 aromatic rings. The lowest BCUT2D eigenvalue weighted by Crippen LogP contribution is -2.19. The van der Waals surface area contributed by atoms with Gasteiger partial charge in [-0.25, -0.2) is 8.42 Å². The predicted molar refractivity (Wildman–Crippen MR) is 83.9 cm³/mol. The minimum absolute atomic E-state index is 0.0705. The van der Waals surface area contributed by atoms with E-state index in [9.17, 15) is 13.2 Å². The topological polar surface area (TPSA) is 81.7 Å². The van der Waals surface area contributed by atoms with Crippen LogP contribution in [0.4, 0.5) is 5.69 Å². The van der Waals surface area contributed by atoms with E-state index in [-0.39, 0.29) is 24.2 Å². The minimum Gasteiger partial charge on any atom is -0.489 e. The molecule has 1 N–H and O–H groups in total. The van der Waals surface area contributed by atoms with Crippen molar-refractivity contribution in [1.82, 2.24) is 0 Å². The van der Waals surface area contributed by atoms with E-state index in [0.717, 1.165) is 25.7 Å². The summed E-state index contributed by atoms with van der Waals surface area (Å²) in [5, 5.41) is 2.69. The van der Waals surface area contributed by atoms with E-state index in [2.05, 4.69) is 5.32 Å². The van der Waals surface area contributed by atoms with Crippen LogP contribution in [0, 0.1) is 0 Å². The highest BCUT2D eigenvalue weighted by atomic mass is 32.2. The van der Waals surface area contributed by atoms with E-state index >= 15 is 0 Å². The third kappa shape index (κ3) is 5.65. The zero-order valence-electron chi connectivity index (χ0n) is 12.6. The number of hydrogen-bond donors (Lipinski definition) is 1. The van der Waals surface area contributed by atoms with Crippen molar-refractivity contribution in [3.8, 4) is 5.75 Å². The Morgan fingerprint density at radius 2 is 2.18 bits per heavy atom. The highest BCUT2D eigenvalue weighted by Gasteiger charge is 2.17. The number of carbonyl (C=O) groups is 1. The van der Waals surface area contributed by atoms with Crippen LogP contribution in [0.15, 0.2) is 24.3 Å². The molecule has 1 aliphatic rings. The molecule has 1 unspecified atom stereocenters. The van der Waals surface area contributed by atoms with Crippen molar-refractivity contribution < 1.29 is 22.7 Å². The largest absolute Gasteiger partial charge is 0.489 e. The molecule has 0 radical (unpaired) electrons. The van der Waals surface area contributed by atoms with Gasteiger partial charge in [-0.3, -0.25) is 4.79 Å². The lowest BCUT2D eigenvalue weighted by Gasteiger charge is -2.15. The highest BCUT2D eigenvalue weighted by molar-refractivity contribution is 7.90. The Bertz CT molecular complexity index is 608. The predicted octanol–water partition coefficient (Wildman–Crippen LogP) is 1.62. The quantitative estimate of drug-likeness (QED) is 0.823. The molecular formula is C15H21NO5S. The van der Waals surface area contributed by atoms with Gasteiger partial charge in [0.15, 0.2) is 0 Å². The molecule has 22 heavy (non-hydrogen) atoms. The van der Waals surface area contributed by atoms with Crippen LogP contribution >= 0.6 is 0 Å². The van der Waals surface area contributed by atoms with E-state index in [0.29, 0.717) is 18.0 Å². The van der Waals surface area contributed by atoms with Crippen molar-refractivity contribution in [1.29, 1.82) is 0 Å². The van der Waals surface area contributed by atoms with Gasteiger partial charge in [0.2, 0.25) is 5.91 Å². The molecule has 0 aromatic heterocycles. The Morgan fingerprint density at radius 3 is 2.86 bits per heavy atom. The molecule has 1 amide bonds. The smallest absolute Gasteiger partial charge is 0.225 e. The van der Waals surface area contributed by atoms with Crippen LogP contribution in [0.1, 0.15) is 19.3 Å². The van der Waals surface area contributed by atoms with E-state index in [1.54, 1.807) is 18.2 Å². The van der Waals surface area contributed by atoms with Gasteiger partial charge in [0.1, 0.15) is 22.2 Å². The maximum Gasteiger partial charge on any atom is 0.225 e. The van der Waals surface area contributed by atoms with E-state index in [1.165, 1.54) is 0 Å². The fourth-order valence-electron chi connectivity index (χ4n) is 2.15. The van der Waals surface area contributed by atoms with Crippen LogP contribution in [-0.4, -0.2) is 45.7 Å². The van der Waals surface area contributed by atoms with Crippen LogP contribution in [0.3, 0.4) is 0 Å². The summed E-state index contributed by atoms with van der Waals surface area (Å²) in [4.78, 5) is 11.8. The number of carbonyl (C=O) groups excluding carboxylic acids is 1. The first kappa shape index (κ1) is 16.8. The van der Waals surface area contributed by atoms with Crippen LogP contribution in [-0.2, 0) is 19.4 Å². The standard InChI is InChI=1S/C15H21NO5S/c1-22(18,19)10-8-15(17)16-13-6-2-3-7-14(13)21-11-12-5-4-9-20-12/h2-3,6-7,12H,4-5,8-11H2,1H3,(H,16,17). The number of sulfone groups is 1. The molecule has 2 rings (SSSR count). The summed E-state index contributed by atoms with van der Waals surface area (Å²) in [5.74, 6) is 0.0434. The third-order valence-electron chi connectivity index (χ3n) is 3.31. The average Bonchev–Trinajstić information content (AvgIpc) is 2.97. The minimum atomic E-state index is -3.15. The highest BCUT2D eigenvalue weighted by Crippen LogP contribution is 2.25. The van der Waals surface area contributed by atoms with Gasteiger partial charge in [-0.15, -0.1) is 0 Å². The van der Waals surface area contributed by atoms with Gasteiger partial charge in [0.05, 0.1) is 17.5 Å². The van der Waals surface area contributed by atoms with Crippen molar-refractivity contribution >= 4 is 21.4 Å². The van der Waals surface area contributed by atoms with Gasteiger partial charge in [-0.05, 0) is 25.0 Å². The zero-order valence-corrected chi connectivity index (χ0v) is 13.4. The molecule has 1 saturated heterocycles. The molecule has 122 valence electrons. The van der Waals surface area contributed by atoms with Crippen molar-refractivity contribution in [3.63, 3.8) is 0 Å². The fraction of sp³-hybridized carbons (Fsp3) is 0.533. The van der Waals surface area contributed by atoms with E-state index in [4.69, 9.17) is 9.47 Å². The second-order valence-corrected chi connectivity index (χ2v) is 7.63.